The number of ether oxygens (including phenoxy) is 2. The second kappa shape index (κ2) is 9.36. The van der Waals surface area contributed by atoms with Gasteiger partial charge < -0.3 is 9.47 Å². The number of benzene rings is 1. The molecule has 8 nitrogen and oxygen atoms in total. The Labute approximate surface area is 195 Å². The number of pyridine rings is 1. The molecule has 4 heterocycles. The number of nitrogens with zero attached hydrogens (tertiary/aromatic N) is 5. The molecule has 3 aromatic heterocycles. The molecule has 9 heteroatoms. The zero-order chi connectivity index (χ0) is 22.8. The van der Waals surface area contributed by atoms with Gasteiger partial charge in [0.05, 0.1) is 25.5 Å². The van der Waals surface area contributed by atoms with Crippen LogP contribution >= 0.6 is 11.8 Å². The van der Waals surface area contributed by atoms with E-state index in [0.29, 0.717) is 17.9 Å². The van der Waals surface area contributed by atoms with E-state index in [1.807, 2.05) is 43.3 Å². The molecule has 1 aliphatic heterocycles. The Balaban J connectivity index is 1.45. The summed E-state index contributed by atoms with van der Waals surface area (Å²) in [5, 5.41) is 9.74. The van der Waals surface area contributed by atoms with Crippen molar-refractivity contribution in [2.75, 3.05) is 13.7 Å². The highest BCUT2D eigenvalue weighted by atomic mass is 32.2. The van der Waals surface area contributed by atoms with Gasteiger partial charge in [-0.25, -0.2) is 4.98 Å². The molecule has 1 atom stereocenters. The Bertz CT molecular complexity index is 1330. The molecule has 1 aliphatic rings. The molecule has 0 radical (unpaired) electrons. The van der Waals surface area contributed by atoms with Gasteiger partial charge in [0.15, 0.2) is 11.0 Å². The molecule has 33 heavy (non-hydrogen) atoms. The lowest BCUT2D eigenvalue weighted by Crippen LogP contribution is -2.17. The number of fused-ring (bicyclic) bond motifs is 1. The molecule has 5 rings (SSSR count). The van der Waals surface area contributed by atoms with Crippen LogP contribution in [0.3, 0.4) is 0 Å². The molecule has 0 spiro atoms. The molecule has 0 amide bonds. The van der Waals surface area contributed by atoms with Gasteiger partial charge in [-0.15, -0.1) is 10.2 Å². The number of aryl methyl sites for hydroxylation is 1. The molecule has 170 valence electrons. The van der Waals surface area contributed by atoms with Gasteiger partial charge in [0, 0.05) is 30.2 Å². The van der Waals surface area contributed by atoms with E-state index < -0.39 is 0 Å². The molecule has 0 bridgehead atoms. The molecular weight excluding hydrogens is 438 g/mol. The predicted octanol–water partition coefficient (Wildman–Crippen LogP) is 3.74. The van der Waals surface area contributed by atoms with Crippen molar-refractivity contribution in [3.63, 3.8) is 0 Å². The molecule has 0 aliphatic carbocycles. The van der Waals surface area contributed by atoms with Gasteiger partial charge in [0.2, 0.25) is 0 Å². The Morgan fingerprint density at radius 2 is 2.06 bits per heavy atom. The van der Waals surface area contributed by atoms with Crippen LogP contribution < -0.4 is 10.3 Å². The summed E-state index contributed by atoms with van der Waals surface area (Å²) in [6, 6.07) is 13.2. The Morgan fingerprint density at radius 1 is 1.21 bits per heavy atom. The third kappa shape index (κ3) is 4.51. The summed E-state index contributed by atoms with van der Waals surface area (Å²) in [7, 11) is 1.65. The summed E-state index contributed by atoms with van der Waals surface area (Å²) >= 11 is 1.53. The average molecular weight is 464 g/mol. The number of hydrogen-bond acceptors (Lipinski definition) is 7. The van der Waals surface area contributed by atoms with Crippen molar-refractivity contribution in [1.82, 2.24) is 24.1 Å². The maximum Gasteiger partial charge on any atom is 0.258 e. The first kappa shape index (κ1) is 21.7. The number of rotatable bonds is 7. The van der Waals surface area contributed by atoms with E-state index in [1.165, 1.54) is 11.8 Å². The van der Waals surface area contributed by atoms with Crippen LogP contribution in [0.25, 0.3) is 17.0 Å². The summed E-state index contributed by atoms with van der Waals surface area (Å²) in [4.78, 5) is 17.3. The second-order valence-corrected chi connectivity index (χ2v) is 8.98. The van der Waals surface area contributed by atoms with Gasteiger partial charge in [-0.05, 0) is 55.7 Å². The average Bonchev–Trinajstić information content (AvgIpc) is 3.49. The molecule has 1 aromatic carbocycles. The zero-order valence-corrected chi connectivity index (χ0v) is 19.4. The standard InChI is InChI=1S/C24H25N5O3S/c1-16-5-3-11-28-21(30)13-18(25-22(16)28)15-33-24-27-26-23(17-7-9-19(31-2)10-8-17)29(24)14-20-6-4-12-32-20/h3,5,7-11,13,20H,4,6,12,14-15H2,1-2H3. The largest absolute Gasteiger partial charge is 0.497 e. The third-order valence-corrected chi connectivity index (χ3v) is 6.76. The van der Waals surface area contributed by atoms with Crippen LogP contribution in [0.4, 0.5) is 0 Å². The molecule has 1 saturated heterocycles. The van der Waals surface area contributed by atoms with Crippen LogP contribution in [0.15, 0.2) is 58.6 Å². The zero-order valence-electron chi connectivity index (χ0n) is 18.6. The fraction of sp³-hybridized carbons (Fsp3) is 0.333. The molecular formula is C24H25N5O3S. The normalized spacial score (nSPS) is 15.9. The van der Waals surface area contributed by atoms with Crippen LogP contribution in [-0.2, 0) is 17.0 Å². The molecule has 1 fully saturated rings. The third-order valence-electron chi connectivity index (χ3n) is 5.76. The van der Waals surface area contributed by atoms with Crippen molar-refractivity contribution in [3.05, 3.63) is 70.3 Å². The minimum absolute atomic E-state index is 0.0842. The van der Waals surface area contributed by atoms with Gasteiger partial charge in [-0.2, -0.15) is 0 Å². The molecule has 0 saturated carbocycles. The lowest BCUT2D eigenvalue weighted by atomic mass is 10.2. The number of methoxy groups -OCH3 is 1. The van der Waals surface area contributed by atoms with E-state index in [0.717, 1.165) is 53.0 Å². The summed E-state index contributed by atoms with van der Waals surface area (Å²) in [6.45, 7) is 3.43. The first-order valence-electron chi connectivity index (χ1n) is 10.9. The summed E-state index contributed by atoms with van der Waals surface area (Å²) < 4.78 is 14.9. The lowest BCUT2D eigenvalue weighted by molar-refractivity contribution is 0.0953. The lowest BCUT2D eigenvalue weighted by Gasteiger charge is -2.15. The monoisotopic (exact) mass is 463 g/mol. The van der Waals surface area contributed by atoms with Gasteiger partial charge in [-0.3, -0.25) is 13.8 Å². The number of thioether (sulfide) groups is 1. The van der Waals surface area contributed by atoms with Gasteiger partial charge >= 0.3 is 0 Å². The molecule has 1 unspecified atom stereocenters. The van der Waals surface area contributed by atoms with Crippen molar-refractivity contribution in [2.45, 2.75) is 43.3 Å². The minimum Gasteiger partial charge on any atom is -0.497 e. The first-order chi connectivity index (χ1) is 16.1. The van der Waals surface area contributed by atoms with Crippen LogP contribution in [0, 0.1) is 6.92 Å². The van der Waals surface area contributed by atoms with E-state index in [-0.39, 0.29) is 11.7 Å². The van der Waals surface area contributed by atoms with Crippen LogP contribution in [-0.4, -0.2) is 44.0 Å². The Morgan fingerprint density at radius 3 is 2.82 bits per heavy atom. The second-order valence-electron chi connectivity index (χ2n) is 8.04. The van der Waals surface area contributed by atoms with Crippen molar-refractivity contribution in [3.8, 4) is 17.1 Å². The van der Waals surface area contributed by atoms with Gasteiger partial charge in [0.25, 0.3) is 5.56 Å². The van der Waals surface area contributed by atoms with Crippen molar-refractivity contribution >= 4 is 17.4 Å². The predicted molar refractivity (Wildman–Crippen MR) is 127 cm³/mol. The van der Waals surface area contributed by atoms with Crippen LogP contribution in [0.5, 0.6) is 5.75 Å². The van der Waals surface area contributed by atoms with Gasteiger partial charge in [-0.1, -0.05) is 17.8 Å². The fourth-order valence-electron chi connectivity index (χ4n) is 4.03. The van der Waals surface area contributed by atoms with E-state index in [1.54, 1.807) is 23.8 Å². The van der Waals surface area contributed by atoms with E-state index >= 15 is 0 Å². The number of hydrogen-bond donors (Lipinski definition) is 0. The number of aromatic nitrogens is 5. The highest BCUT2D eigenvalue weighted by Crippen LogP contribution is 2.29. The summed E-state index contributed by atoms with van der Waals surface area (Å²) in [5.41, 5.74) is 3.24. The highest BCUT2D eigenvalue weighted by Gasteiger charge is 2.22. The van der Waals surface area contributed by atoms with Crippen molar-refractivity contribution in [2.24, 2.45) is 0 Å². The maximum absolute atomic E-state index is 12.6. The maximum atomic E-state index is 12.6. The SMILES string of the molecule is COc1ccc(-c2nnc(SCc3cc(=O)n4cccc(C)c4n3)n2CC2CCCO2)cc1. The van der Waals surface area contributed by atoms with Gasteiger partial charge in [0.1, 0.15) is 11.4 Å². The van der Waals surface area contributed by atoms with Crippen molar-refractivity contribution in [1.29, 1.82) is 0 Å². The quantitative estimate of drug-likeness (QED) is 0.386. The van der Waals surface area contributed by atoms with E-state index in [2.05, 4.69) is 14.8 Å². The first-order valence-corrected chi connectivity index (χ1v) is 11.9. The molecule has 0 N–H and O–H groups in total. The summed E-state index contributed by atoms with van der Waals surface area (Å²) in [5.74, 6) is 2.10. The van der Waals surface area contributed by atoms with Crippen molar-refractivity contribution < 1.29 is 9.47 Å². The highest BCUT2D eigenvalue weighted by molar-refractivity contribution is 7.98. The molecule has 4 aromatic rings. The van der Waals surface area contributed by atoms with E-state index in [4.69, 9.17) is 14.5 Å². The van der Waals surface area contributed by atoms with Crippen LogP contribution in [0.1, 0.15) is 24.1 Å². The smallest absolute Gasteiger partial charge is 0.258 e. The Kier molecular flexibility index (Phi) is 6.15. The van der Waals surface area contributed by atoms with E-state index in [9.17, 15) is 4.79 Å². The minimum atomic E-state index is -0.0842. The Hall–Kier alpha value is -3.17. The topological polar surface area (TPSA) is 83.5 Å². The van der Waals surface area contributed by atoms with Crippen LogP contribution in [0.2, 0.25) is 0 Å². The fourth-order valence-corrected chi connectivity index (χ4v) is 4.87. The summed E-state index contributed by atoms with van der Waals surface area (Å²) in [6.07, 6.45) is 3.97.